The van der Waals surface area contributed by atoms with Crippen LogP contribution in [0.15, 0.2) is 30.5 Å². The lowest BCUT2D eigenvalue weighted by Crippen LogP contribution is -2.24. The van der Waals surface area contributed by atoms with E-state index in [1.165, 1.54) is 11.1 Å². The quantitative estimate of drug-likeness (QED) is 0.587. The maximum atomic E-state index is 11.1. The third-order valence-electron chi connectivity index (χ3n) is 2.23. The zero-order valence-electron chi connectivity index (χ0n) is 7.53. The van der Waals surface area contributed by atoms with Crippen molar-refractivity contribution in [2.24, 2.45) is 0 Å². The highest BCUT2D eigenvalue weighted by Gasteiger charge is 2.11. The van der Waals surface area contributed by atoms with E-state index in [1.54, 1.807) is 11.8 Å². The first-order valence-electron chi connectivity index (χ1n) is 4.31. The van der Waals surface area contributed by atoms with E-state index in [1.807, 2.05) is 24.4 Å². The van der Waals surface area contributed by atoms with Crippen LogP contribution >= 0.6 is 0 Å². The Hall–Kier alpha value is -1.57. The van der Waals surface area contributed by atoms with Crippen molar-refractivity contribution >= 4 is 12.0 Å². The Labute approximate surface area is 77.5 Å². The van der Waals surface area contributed by atoms with Crippen molar-refractivity contribution in [1.29, 1.82) is 0 Å². The van der Waals surface area contributed by atoms with Gasteiger partial charge in [-0.1, -0.05) is 24.3 Å². The lowest BCUT2D eigenvalue weighted by Gasteiger charge is -2.21. The molecule has 13 heavy (non-hydrogen) atoms. The molecule has 0 N–H and O–H groups in total. The molecule has 0 unspecified atom stereocenters. The molecular formula is C11H11NO. The molecule has 0 spiro atoms. The van der Waals surface area contributed by atoms with E-state index in [0.717, 1.165) is 0 Å². The summed E-state index contributed by atoms with van der Waals surface area (Å²) >= 11 is 0. The molecule has 0 aromatic heterocycles. The van der Waals surface area contributed by atoms with Crippen LogP contribution < -0.4 is 0 Å². The van der Waals surface area contributed by atoms with Gasteiger partial charge in [0.1, 0.15) is 0 Å². The lowest BCUT2D eigenvalue weighted by atomic mass is 10.0. The molecule has 0 atom stereocenters. The van der Waals surface area contributed by atoms with Crippen LogP contribution in [0, 0.1) is 0 Å². The Morgan fingerprint density at radius 1 is 1.38 bits per heavy atom. The maximum absolute atomic E-state index is 11.1. The molecule has 66 valence electrons. The van der Waals surface area contributed by atoms with Crippen molar-refractivity contribution in [3.05, 3.63) is 41.6 Å². The van der Waals surface area contributed by atoms with Gasteiger partial charge in [0, 0.05) is 13.1 Å². The molecule has 1 heterocycles. The zero-order valence-corrected chi connectivity index (χ0v) is 7.53. The van der Waals surface area contributed by atoms with Gasteiger partial charge in [-0.3, -0.25) is 4.79 Å². The normalized spacial score (nSPS) is 14.1. The molecule has 2 rings (SSSR count). The fourth-order valence-electron chi connectivity index (χ4n) is 1.46. The molecule has 2 nitrogen and oxygen atoms in total. The van der Waals surface area contributed by atoms with Gasteiger partial charge in [-0.25, -0.2) is 0 Å². The summed E-state index contributed by atoms with van der Waals surface area (Å²) in [5.74, 6) is 0.0887. The summed E-state index contributed by atoms with van der Waals surface area (Å²) in [6.45, 7) is 2.28. The Bertz CT molecular complexity index is 368. The number of carbonyl (C=O) groups excluding carboxylic acids is 1. The van der Waals surface area contributed by atoms with Crippen LogP contribution in [0.2, 0.25) is 0 Å². The maximum Gasteiger partial charge on any atom is 0.223 e. The molecule has 0 saturated carbocycles. The zero-order chi connectivity index (χ0) is 9.26. The predicted molar refractivity (Wildman–Crippen MR) is 51.7 cm³/mol. The van der Waals surface area contributed by atoms with Crippen LogP contribution in [0.4, 0.5) is 0 Å². The molecule has 0 aliphatic carbocycles. The first-order chi connectivity index (χ1) is 6.27. The molecule has 0 bridgehead atoms. The number of hydrogen-bond donors (Lipinski definition) is 0. The summed E-state index contributed by atoms with van der Waals surface area (Å²) < 4.78 is 0. The SMILES string of the molecule is CC(=O)N1C=Cc2ccccc2C1. The van der Waals surface area contributed by atoms with Gasteiger partial charge in [-0.05, 0) is 17.2 Å². The fourth-order valence-corrected chi connectivity index (χ4v) is 1.46. The molecule has 2 heteroatoms. The second kappa shape index (κ2) is 3.05. The van der Waals surface area contributed by atoms with Gasteiger partial charge in [-0.15, -0.1) is 0 Å². The van der Waals surface area contributed by atoms with Gasteiger partial charge in [0.05, 0.1) is 6.54 Å². The van der Waals surface area contributed by atoms with Crippen LogP contribution in [-0.4, -0.2) is 10.8 Å². The Kier molecular flexibility index (Phi) is 1.89. The highest BCUT2D eigenvalue weighted by Crippen LogP contribution is 2.18. The van der Waals surface area contributed by atoms with Gasteiger partial charge in [0.2, 0.25) is 5.91 Å². The Morgan fingerprint density at radius 2 is 2.15 bits per heavy atom. The van der Waals surface area contributed by atoms with E-state index < -0.39 is 0 Å². The van der Waals surface area contributed by atoms with Crippen LogP contribution in [-0.2, 0) is 11.3 Å². The largest absolute Gasteiger partial charge is 0.315 e. The molecule has 1 aliphatic rings. The van der Waals surface area contributed by atoms with Gasteiger partial charge in [0.25, 0.3) is 0 Å². The van der Waals surface area contributed by atoms with Crippen LogP contribution in [0.5, 0.6) is 0 Å². The van der Waals surface area contributed by atoms with Crippen molar-refractivity contribution in [1.82, 2.24) is 4.90 Å². The number of rotatable bonds is 0. The molecular weight excluding hydrogens is 162 g/mol. The van der Waals surface area contributed by atoms with Gasteiger partial charge in [-0.2, -0.15) is 0 Å². The number of hydrogen-bond acceptors (Lipinski definition) is 1. The second-order valence-corrected chi connectivity index (χ2v) is 3.16. The number of benzene rings is 1. The van der Waals surface area contributed by atoms with E-state index >= 15 is 0 Å². The third kappa shape index (κ3) is 1.47. The highest BCUT2D eigenvalue weighted by molar-refractivity contribution is 5.76. The smallest absolute Gasteiger partial charge is 0.223 e. The first-order valence-corrected chi connectivity index (χ1v) is 4.31. The summed E-state index contributed by atoms with van der Waals surface area (Å²) in [7, 11) is 0. The number of nitrogens with zero attached hydrogens (tertiary/aromatic N) is 1. The summed E-state index contributed by atoms with van der Waals surface area (Å²) in [4.78, 5) is 12.8. The lowest BCUT2D eigenvalue weighted by molar-refractivity contribution is -0.126. The first kappa shape index (κ1) is 8.05. The summed E-state index contributed by atoms with van der Waals surface area (Å²) in [5, 5.41) is 0. The third-order valence-corrected chi connectivity index (χ3v) is 2.23. The number of fused-ring (bicyclic) bond motifs is 1. The summed E-state index contributed by atoms with van der Waals surface area (Å²) in [5.41, 5.74) is 2.42. The molecule has 1 amide bonds. The fraction of sp³-hybridized carbons (Fsp3) is 0.182. The molecule has 0 saturated heterocycles. The average molecular weight is 173 g/mol. The highest BCUT2D eigenvalue weighted by atomic mass is 16.2. The van der Waals surface area contributed by atoms with Crippen molar-refractivity contribution in [2.75, 3.05) is 0 Å². The van der Waals surface area contributed by atoms with E-state index in [2.05, 4.69) is 12.1 Å². The van der Waals surface area contributed by atoms with E-state index in [-0.39, 0.29) is 5.91 Å². The minimum Gasteiger partial charge on any atom is -0.315 e. The predicted octanol–water partition coefficient (Wildman–Crippen LogP) is 2.02. The van der Waals surface area contributed by atoms with E-state index in [9.17, 15) is 4.79 Å². The molecule has 1 aromatic rings. The topological polar surface area (TPSA) is 20.3 Å². The van der Waals surface area contributed by atoms with Gasteiger partial charge >= 0.3 is 0 Å². The molecule has 0 fully saturated rings. The minimum absolute atomic E-state index is 0.0887. The van der Waals surface area contributed by atoms with Gasteiger partial charge in [0.15, 0.2) is 0 Å². The van der Waals surface area contributed by atoms with Crippen LogP contribution in [0.3, 0.4) is 0 Å². The molecule has 1 aliphatic heterocycles. The summed E-state index contributed by atoms with van der Waals surface area (Å²) in [6.07, 6.45) is 3.81. The Balaban J connectivity index is 2.34. The van der Waals surface area contributed by atoms with Crippen molar-refractivity contribution in [3.63, 3.8) is 0 Å². The van der Waals surface area contributed by atoms with Crippen LogP contribution in [0.25, 0.3) is 6.08 Å². The molecule has 0 radical (unpaired) electrons. The second-order valence-electron chi connectivity index (χ2n) is 3.16. The molecule has 1 aromatic carbocycles. The van der Waals surface area contributed by atoms with E-state index in [0.29, 0.717) is 6.54 Å². The number of carbonyl (C=O) groups is 1. The van der Waals surface area contributed by atoms with E-state index in [4.69, 9.17) is 0 Å². The minimum atomic E-state index is 0.0887. The van der Waals surface area contributed by atoms with Crippen LogP contribution in [0.1, 0.15) is 18.1 Å². The van der Waals surface area contributed by atoms with Crippen molar-refractivity contribution < 1.29 is 4.79 Å². The van der Waals surface area contributed by atoms with Gasteiger partial charge < -0.3 is 4.90 Å². The monoisotopic (exact) mass is 173 g/mol. The average Bonchev–Trinajstić information content (AvgIpc) is 2.17. The number of amides is 1. The van der Waals surface area contributed by atoms with Crippen molar-refractivity contribution in [2.45, 2.75) is 13.5 Å². The summed E-state index contributed by atoms with van der Waals surface area (Å²) in [6, 6.07) is 8.11. The standard InChI is InChI=1S/C11H11NO/c1-9(13)12-7-6-10-4-2-3-5-11(10)8-12/h2-7H,8H2,1H3. The van der Waals surface area contributed by atoms with Crippen molar-refractivity contribution in [3.8, 4) is 0 Å². The Morgan fingerprint density at radius 3 is 2.92 bits per heavy atom.